The van der Waals surface area contributed by atoms with E-state index < -0.39 is 11.7 Å². The molecule has 0 saturated carbocycles. The van der Waals surface area contributed by atoms with Gasteiger partial charge in [-0.25, -0.2) is 0 Å². The smallest absolute Gasteiger partial charge is 0.166 e. The van der Waals surface area contributed by atoms with Crippen LogP contribution >= 0.6 is 11.6 Å². The Morgan fingerprint density at radius 2 is 1.76 bits per heavy atom. The molecule has 0 nitrogen and oxygen atoms in total. The van der Waals surface area contributed by atoms with E-state index in [-0.39, 0.29) is 0 Å². The van der Waals surface area contributed by atoms with Crippen molar-refractivity contribution in [1.82, 2.24) is 0 Å². The van der Waals surface area contributed by atoms with E-state index in [2.05, 4.69) is 6.92 Å². The predicted octanol–water partition coefficient (Wildman–Crippen LogP) is 4.90. The average Bonchev–Trinajstić information content (AvgIpc) is 2.28. The van der Waals surface area contributed by atoms with Gasteiger partial charge in [0, 0.05) is 5.88 Å². The first-order chi connectivity index (χ1) is 7.97. The van der Waals surface area contributed by atoms with Crippen LogP contribution in [0.15, 0.2) is 24.3 Å². The Kier molecular flexibility index (Phi) is 5.31. The molecule has 1 rings (SSSR count). The van der Waals surface area contributed by atoms with Crippen molar-refractivity contribution in [2.45, 2.75) is 32.4 Å². The van der Waals surface area contributed by atoms with Crippen molar-refractivity contribution >= 4 is 11.6 Å². The van der Waals surface area contributed by atoms with Crippen molar-refractivity contribution in [3.8, 4) is 0 Å². The molecule has 0 aliphatic carbocycles. The fourth-order valence-electron chi connectivity index (χ4n) is 1.81. The molecule has 0 aromatic heterocycles. The Balaban J connectivity index is 2.68. The van der Waals surface area contributed by atoms with Crippen LogP contribution in [0.5, 0.6) is 0 Å². The summed E-state index contributed by atoms with van der Waals surface area (Å²) in [6, 6.07) is 5.34. The predicted molar refractivity (Wildman–Crippen MR) is 64.3 cm³/mol. The maximum atomic E-state index is 12.3. The third kappa shape index (κ3) is 4.58. The van der Waals surface area contributed by atoms with Crippen molar-refractivity contribution < 1.29 is 13.2 Å². The molecule has 0 radical (unpaired) electrons. The molecule has 0 aliphatic heterocycles. The normalized spacial score (nSPS) is 13.7. The number of hydrogen-bond acceptors (Lipinski definition) is 0. The highest BCUT2D eigenvalue weighted by atomic mass is 35.5. The highest BCUT2D eigenvalue weighted by Crippen LogP contribution is 2.29. The summed E-state index contributed by atoms with van der Waals surface area (Å²) in [5.41, 5.74) is 0.316. The summed E-state index contributed by atoms with van der Waals surface area (Å²) in [6.45, 7) is 2.08. The molecule has 1 aromatic carbocycles. The summed E-state index contributed by atoms with van der Waals surface area (Å²) < 4.78 is 37.0. The van der Waals surface area contributed by atoms with Gasteiger partial charge in [-0.15, -0.1) is 11.6 Å². The maximum Gasteiger partial charge on any atom is 0.416 e. The van der Waals surface area contributed by atoms with Gasteiger partial charge in [0.25, 0.3) is 0 Å². The molecule has 96 valence electrons. The lowest BCUT2D eigenvalue weighted by atomic mass is 9.96. The van der Waals surface area contributed by atoms with Gasteiger partial charge in [0.05, 0.1) is 5.56 Å². The van der Waals surface area contributed by atoms with Crippen LogP contribution in [-0.2, 0) is 12.6 Å². The van der Waals surface area contributed by atoms with Gasteiger partial charge in [-0.2, -0.15) is 13.2 Å². The van der Waals surface area contributed by atoms with Gasteiger partial charge in [0.1, 0.15) is 0 Å². The molecule has 0 spiro atoms. The molecule has 0 saturated heterocycles. The fourth-order valence-corrected chi connectivity index (χ4v) is 2.07. The van der Waals surface area contributed by atoms with Crippen LogP contribution in [-0.4, -0.2) is 5.88 Å². The minimum Gasteiger partial charge on any atom is -0.166 e. The van der Waals surface area contributed by atoms with Crippen LogP contribution in [0.4, 0.5) is 13.2 Å². The number of alkyl halides is 4. The highest BCUT2D eigenvalue weighted by molar-refractivity contribution is 6.18. The molecule has 1 atom stereocenters. The van der Waals surface area contributed by atoms with Gasteiger partial charge >= 0.3 is 6.18 Å². The van der Waals surface area contributed by atoms with Crippen LogP contribution in [0.3, 0.4) is 0 Å². The molecule has 0 bridgehead atoms. The summed E-state index contributed by atoms with van der Waals surface area (Å²) in [6.07, 6.45) is -1.47. The molecule has 0 aliphatic rings. The Bertz CT molecular complexity index is 330. The first-order valence-electron chi connectivity index (χ1n) is 5.69. The van der Waals surface area contributed by atoms with E-state index in [9.17, 15) is 13.2 Å². The zero-order valence-electron chi connectivity index (χ0n) is 9.73. The van der Waals surface area contributed by atoms with Crippen molar-refractivity contribution in [2.75, 3.05) is 5.88 Å². The second kappa shape index (κ2) is 6.29. The monoisotopic (exact) mass is 264 g/mol. The van der Waals surface area contributed by atoms with E-state index >= 15 is 0 Å². The van der Waals surface area contributed by atoms with Crippen LogP contribution in [0.2, 0.25) is 0 Å². The Morgan fingerprint density at radius 1 is 1.18 bits per heavy atom. The maximum absolute atomic E-state index is 12.3. The highest BCUT2D eigenvalue weighted by Gasteiger charge is 2.29. The molecule has 0 N–H and O–H groups in total. The number of hydrogen-bond donors (Lipinski definition) is 0. The van der Waals surface area contributed by atoms with Crippen LogP contribution in [0.1, 0.15) is 30.9 Å². The largest absolute Gasteiger partial charge is 0.416 e. The van der Waals surface area contributed by atoms with Crippen molar-refractivity contribution in [3.05, 3.63) is 35.4 Å². The van der Waals surface area contributed by atoms with E-state index in [1.54, 1.807) is 0 Å². The van der Waals surface area contributed by atoms with Crippen LogP contribution < -0.4 is 0 Å². The molecule has 1 unspecified atom stereocenters. The summed E-state index contributed by atoms with van der Waals surface area (Å²) in [4.78, 5) is 0. The minimum absolute atomic E-state index is 0.346. The SMILES string of the molecule is CCCC(CCl)Cc1ccc(C(F)(F)F)cc1. The minimum atomic E-state index is -4.26. The van der Waals surface area contributed by atoms with Crippen molar-refractivity contribution in [1.29, 1.82) is 0 Å². The summed E-state index contributed by atoms with van der Waals surface area (Å²) in [5.74, 6) is 0.896. The second-order valence-corrected chi connectivity index (χ2v) is 4.52. The van der Waals surface area contributed by atoms with Crippen LogP contribution in [0, 0.1) is 5.92 Å². The summed E-state index contributed by atoms with van der Waals surface area (Å²) in [7, 11) is 0. The lowest BCUT2D eigenvalue weighted by Crippen LogP contribution is -2.08. The molecule has 17 heavy (non-hydrogen) atoms. The zero-order valence-corrected chi connectivity index (χ0v) is 10.5. The van der Waals surface area contributed by atoms with Gasteiger partial charge in [0.2, 0.25) is 0 Å². The molecule has 0 heterocycles. The van der Waals surface area contributed by atoms with E-state index in [0.717, 1.165) is 37.0 Å². The van der Waals surface area contributed by atoms with Crippen molar-refractivity contribution in [2.24, 2.45) is 5.92 Å². The Hall–Kier alpha value is -0.700. The third-order valence-corrected chi connectivity index (χ3v) is 3.16. The topological polar surface area (TPSA) is 0 Å². The third-order valence-electron chi connectivity index (χ3n) is 2.72. The summed E-state index contributed by atoms with van der Waals surface area (Å²) in [5, 5.41) is 0. The first-order valence-corrected chi connectivity index (χ1v) is 6.23. The Labute approximate surface area is 105 Å². The van der Waals surface area contributed by atoms with Crippen molar-refractivity contribution in [3.63, 3.8) is 0 Å². The van der Waals surface area contributed by atoms with Gasteiger partial charge < -0.3 is 0 Å². The molecule has 1 aromatic rings. The quantitative estimate of drug-likeness (QED) is 0.664. The van der Waals surface area contributed by atoms with E-state index in [0.29, 0.717) is 11.8 Å². The number of rotatable bonds is 5. The lowest BCUT2D eigenvalue weighted by molar-refractivity contribution is -0.137. The molecule has 4 heteroatoms. The van der Waals surface area contributed by atoms with Crippen LogP contribution in [0.25, 0.3) is 0 Å². The van der Waals surface area contributed by atoms with Gasteiger partial charge in [0.15, 0.2) is 0 Å². The Morgan fingerprint density at radius 3 is 2.18 bits per heavy atom. The average molecular weight is 265 g/mol. The number of halogens is 4. The molecular formula is C13H16ClF3. The fraction of sp³-hybridized carbons (Fsp3) is 0.538. The van der Waals surface area contributed by atoms with E-state index in [1.807, 2.05) is 0 Å². The molecule has 0 amide bonds. The first kappa shape index (κ1) is 14.4. The standard InChI is InChI=1S/C13H16ClF3/c1-2-3-11(9-14)8-10-4-6-12(7-5-10)13(15,16)17/h4-7,11H,2-3,8-9H2,1H3. The molecule has 0 fully saturated rings. The van der Waals surface area contributed by atoms with Gasteiger partial charge in [-0.1, -0.05) is 25.5 Å². The van der Waals surface area contributed by atoms with Gasteiger partial charge in [-0.05, 0) is 36.5 Å². The van der Waals surface area contributed by atoms with Gasteiger partial charge in [-0.3, -0.25) is 0 Å². The lowest BCUT2D eigenvalue weighted by Gasteiger charge is -2.13. The summed E-state index contributed by atoms with van der Waals surface area (Å²) >= 11 is 5.82. The molecular weight excluding hydrogens is 249 g/mol. The number of benzene rings is 1. The second-order valence-electron chi connectivity index (χ2n) is 4.21. The van der Waals surface area contributed by atoms with E-state index in [4.69, 9.17) is 11.6 Å². The van der Waals surface area contributed by atoms with E-state index in [1.165, 1.54) is 12.1 Å². The zero-order chi connectivity index (χ0) is 12.9.